The molecule has 45 heavy (non-hydrogen) atoms. The van der Waals surface area contributed by atoms with Crippen molar-refractivity contribution in [3.05, 3.63) is 107 Å². The van der Waals surface area contributed by atoms with Crippen LogP contribution in [0.15, 0.2) is 90.0 Å². The lowest BCUT2D eigenvalue weighted by Crippen LogP contribution is -2.55. The smallest absolute Gasteiger partial charge is 0.254 e. The Balaban J connectivity index is 1.16. The summed E-state index contributed by atoms with van der Waals surface area (Å²) in [5, 5.41) is 5.85. The van der Waals surface area contributed by atoms with Crippen LogP contribution in [0.4, 0.5) is 5.69 Å². The lowest BCUT2D eigenvalue weighted by Gasteiger charge is -2.52. The minimum Gasteiger partial charge on any atom is -0.495 e. The number of amides is 4. The molecular weight excluding hydrogens is 566 g/mol. The number of allylic oxidation sites excluding steroid dienone is 2. The van der Waals surface area contributed by atoms with E-state index in [0.29, 0.717) is 23.3 Å². The lowest BCUT2D eigenvalue weighted by molar-refractivity contribution is -0.140. The van der Waals surface area contributed by atoms with Gasteiger partial charge in [-0.3, -0.25) is 19.2 Å². The zero-order valence-electron chi connectivity index (χ0n) is 24.4. The molecule has 2 saturated heterocycles. The van der Waals surface area contributed by atoms with Gasteiger partial charge in [0.15, 0.2) is 0 Å². The van der Waals surface area contributed by atoms with E-state index < -0.39 is 17.3 Å². The van der Waals surface area contributed by atoms with E-state index in [-0.39, 0.29) is 53.2 Å². The Morgan fingerprint density at radius 1 is 0.733 bits per heavy atom. The summed E-state index contributed by atoms with van der Waals surface area (Å²) in [5.41, 5.74) is 2.90. The highest BCUT2D eigenvalue weighted by Crippen LogP contribution is 2.66. The van der Waals surface area contributed by atoms with Crippen molar-refractivity contribution < 1.29 is 23.9 Å². The topological polar surface area (TPSA) is 96.3 Å². The molecule has 8 heteroatoms. The second-order valence-electron chi connectivity index (χ2n) is 13.6. The first kappa shape index (κ1) is 25.5. The van der Waals surface area contributed by atoms with E-state index >= 15 is 0 Å². The second-order valence-corrected chi connectivity index (χ2v) is 13.6. The Hall–Kier alpha value is -4.85. The molecule has 4 fully saturated rings. The van der Waals surface area contributed by atoms with Crippen LogP contribution in [0.5, 0.6) is 5.75 Å². The standard InChI is InChI=1S/C37H29N3O5/c1-45-27-13-7-6-12-26(27)39-33(41)31-28-20-8-2-4-10-24(20)37(32(31)36(39)44,25-11-5-3-9-21(25)28)17-38-40-34(42)29-18-14-15-19(23-16-22(18)23)30(29)35(40)43/h2-15,17-19,22-23,28-32H,16H2,1H3/b38-17-/t18-,19-,22-,23+,28?,29+,30+,31+,32+,37?/m0/s1. The molecule has 4 amide bonds. The summed E-state index contributed by atoms with van der Waals surface area (Å²) >= 11 is 0. The lowest BCUT2D eigenvalue weighted by atomic mass is 9.47. The van der Waals surface area contributed by atoms with Gasteiger partial charge in [-0.05, 0) is 64.5 Å². The van der Waals surface area contributed by atoms with E-state index in [2.05, 4.69) is 12.2 Å². The van der Waals surface area contributed by atoms with Gasteiger partial charge in [0.05, 0.1) is 41.9 Å². The van der Waals surface area contributed by atoms with Crippen LogP contribution in [0.25, 0.3) is 0 Å². The Morgan fingerprint density at radius 2 is 1.31 bits per heavy atom. The summed E-state index contributed by atoms with van der Waals surface area (Å²) in [7, 11) is 1.52. The third-order valence-electron chi connectivity index (χ3n) is 12.0. The Bertz CT molecular complexity index is 1880. The molecule has 2 aliphatic heterocycles. The van der Waals surface area contributed by atoms with Crippen molar-refractivity contribution >= 4 is 35.5 Å². The predicted octanol–water partition coefficient (Wildman–Crippen LogP) is 4.28. The Labute approximate surface area is 259 Å². The van der Waals surface area contributed by atoms with Gasteiger partial charge in [0.25, 0.3) is 11.8 Å². The number of hydrogen-bond donors (Lipinski definition) is 0. The molecule has 4 bridgehead atoms. The average Bonchev–Trinajstić information content (AvgIpc) is 3.81. The van der Waals surface area contributed by atoms with E-state index in [4.69, 9.17) is 9.84 Å². The number of rotatable bonds is 4. The summed E-state index contributed by atoms with van der Waals surface area (Å²) in [6.45, 7) is 0. The van der Waals surface area contributed by atoms with E-state index in [0.717, 1.165) is 33.7 Å². The van der Waals surface area contributed by atoms with Crippen LogP contribution in [0, 0.1) is 47.3 Å². The summed E-state index contributed by atoms with van der Waals surface area (Å²) in [4.78, 5) is 58.4. The van der Waals surface area contributed by atoms with Gasteiger partial charge in [0.1, 0.15) is 5.75 Å². The number of carbonyl (C=O) groups excluding carboxylic acids is 4. The van der Waals surface area contributed by atoms with E-state index in [1.54, 1.807) is 30.5 Å². The van der Waals surface area contributed by atoms with Crippen molar-refractivity contribution in [2.24, 2.45) is 52.4 Å². The zero-order valence-corrected chi connectivity index (χ0v) is 24.4. The van der Waals surface area contributed by atoms with Gasteiger partial charge in [0, 0.05) is 12.1 Å². The number of hydrazone groups is 1. The van der Waals surface area contributed by atoms with Crippen molar-refractivity contribution in [3.8, 4) is 5.75 Å². The molecule has 7 aliphatic carbocycles. The van der Waals surface area contributed by atoms with Gasteiger partial charge >= 0.3 is 0 Å². The molecule has 0 spiro atoms. The number of carbonyl (C=O) groups is 4. The average molecular weight is 596 g/mol. The Morgan fingerprint density at radius 3 is 1.93 bits per heavy atom. The molecule has 3 aromatic rings. The molecular formula is C37H29N3O5. The first-order valence-corrected chi connectivity index (χ1v) is 15.8. The third-order valence-corrected chi connectivity index (χ3v) is 12.0. The van der Waals surface area contributed by atoms with Gasteiger partial charge in [-0.25, -0.2) is 4.90 Å². The number of hydrogen-bond acceptors (Lipinski definition) is 6. The maximum atomic E-state index is 14.7. The van der Waals surface area contributed by atoms with Gasteiger partial charge < -0.3 is 4.74 Å². The van der Waals surface area contributed by atoms with Crippen LogP contribution < -0.4 is 9.64 Å². The molecule has 2 saturated carbocycles. The zero-order chi connectivity index (χ0) is 30.4. The normalized spacial score (nSPS) is 37.6. The molecule has 2 heterocycles. The van der Waals surface area contributed by atoms with E-state index in [1.807, 2.05) is 48.5 Å². The van der Waals surface area contributed by atoms with E-state index in [9.17, 15) is 19.2 Å². The monoisotopic (exact) mass is 595 g/mol. The van der Waals surface area contributed by atoms with Crippen molar-refractivity contribution in [1.82, 2.24) is 5.01 Å². The van der Waals surface area contributed by atoms with Crippen LogP contribution in [0.3, 0.4) is 0 Å². The van der Waals surface area contributed by atoms with Crippen molar-refractivity contribution in [1.29, 1.82) is 0 Å². The number of methoxy groups -OCH3 is 1. The SMILES string of the molecule is COc1ccccc1N1C(=O)[C@@H]2C3c4ccccc4C(/C=N\N4C(=O)[C@@H]5[C@H]6C=C[C@@H]([C@@H]7C[C@H]67)[C@H]5C4=O)(c4ccccc43)[C@H]2C1=O. The van der Waals surface area contributed by atoms with Gasteiger partial charge in [0.2, 0.25) is 11.8 Å². The largest absolute Gasteiger partial charge is 0.495 e. The number of benzene rings is 3. The summed E-state index contributed by atoms with van der Waals surface area (Å²) in [6, 6.07) is 22.9. The molecule has 8 atom stereocenters. The quantitative estimate of drug-likeness (QED) is 0.255. The fraction of sp³-hybridized carbons (Fsp3) is 0.324. The molecule has 12 rings (SSSR count). The maximum absolute atomic E-state index is 14.7. The van der Waals surface area contributed by atoms with Crippen LogP contribution >= 0.6 is 0 Å². The van der Waals surface area contributed by atoms with Crippen molar-refractivity contribution in [2.45, 2.75) is 17.8 Å². The maximum Gasteiger partial charge on any atom is 0.254 e. The van der Waals surface area contributed by atoms with Gasteiger partial charge in [-0.1, -0.05) is 72.8 Å². The molecule has 8 nitrogen and oxygen atoms in total. The highest BCUT2D eigenvalue weighted by atomic mass is 16.5. The number of anilines is 1. The van der Waals surface area contributed by atoms with E-state index in [1.165, 1.54) is 12.0 Å². The van der Waals surface area contributed by atoms with Crippen LogP contribution in [0.1, 0.15) is 34.6 Å². The third kappa shape index (κ3) is 2.87. The first-order valence-electron chi connectivity index (χ1n) is 15.8. The summed E-state index contributed by atoms with van der Waals surface area (Å²) in [6.07, 6.45) is 7.02. The van der Waals surface area contributed by atoms with Crippen molar-refractivity contribution in [2.75, 3.05) is 12.0 Å². The van der Waals surface area contributed by atoms with Crippen LogP contribution in [-0.4, -0.2) is 42.0 Å². The first-order chi connectivity index (χ1) is 22.0. The molecule has 3 aromatic carbocycles. The predicted molar refractivity (Wildman–Crippen MR) is 163 cm³/mol. The van der Waals surface area contributed by atoms with Crippen LogP contribution in [0.2, 0.25) is 0 Å². The fourth-order valence-electron chi connectivity index (χ4n) is 10.3. The number of para-hydroxylation sites is 2. The second kappa shape index (κ2) is 8.44. The molecule has 0 N–H and O–H groups in total. The fourth-order valence-corrected chi connectivity index (χ4v) is 10.3. The molecule has 222 valence electrons. The molecule has 0 unspecified atom stereocenters. The molecule has 0 aromatic heterocycles. The minimum atomic E-state index is -1.18. The highest BCUT2D eigenvalue weighted by Gasteiger charge is 2.70. The van der Waals surface area contributed by atoms with Gasteiger partial charge in [-0.2, -0.15) is 10.1 Å². The number of ether oxygens (including phenoxy) is 1. The summed E-state index contributed by atoms with van der Waals surface area (Å²) < 4.78 is 5.58. The summed E-state index contributed by atoms with van der Waals surface area (Å²) in [5.74, 6) is -2.19. The van der Waals surface area contributed by atoms with Crippen molar-refractivity contribution in [3.63, 3.8) is 0 Å². The number of imide groups is 2. The highest BCUT2D eigenvalue weighted by molar-refractivity contribution is 6.25. The van der Waals surface area contributed by atoms with Gasteiger partial charge in [-0.15, -0.1) is 0 Å². The minimum absolute atomic E-state index is 0.0826. The number of nitrogens with zero attached hydrogens (tertiary/aromatic N) is 3. The molecule has 0 radical (unpaired) electrons. The van der Waals surface area contributed by atoms with Crippen LogP contribution in [-0.2, 0) is 24.6 Å². The Kier molecular flexibility index (Phi) is 4.78. The molecule has 9 aliphatic rings.